The van der Waals surface area contributed by atoms with Gasteiger partial charge in [0.2, 0.25) is 0 Å². The van der Waals surface area contributed by atoms with Gasteiger partial charge in [-0.3, -0.25) is 0 Å². The zero-order valence-electron chi connectivity index (χ0n) is 47.6. The monoisotopic (exact) mass is 1190 g/mol. The molecule has 0 nitrogen and oxygen atoms in total. The molecule has 71 heavy (non-hydrogen) atoms. The molecule has 0 aliphatic heterocycles. The second kappa shape index (κ2) is 33.4. The third-order valence-electron chi connectivity index (χ3n) is 19.3. The first-order valence-corrected chi connectivity index (χ1v) is 29.7. The van der Waals surface area contributed by atoms with Crippen LogP contribution in [0.2, 0.25) is 0 Å². The van der Waals surface area contributed by atoms with Gasteiger partial charge in [-0.2, -0.15) is 105 Å². The molecule has 3 aromatic rings. The summed E-state index contributed by atoms with van der Waals surface area (Å²) >= 11 is 0. The largest absolute Gasteiger partial charge is 0.177 e. The first-order valence-electron chi connectivity index (χ1n) is 29.7. The van der Waals surface area contributed by atoms with E-state index in [9.17, 15) is 0 Å². The van der Waals surface area contributed by atoms with Crippen molar-refractivity contribution in [3.05, 3.63) is 105 Å². The number of hydrogen-bond donors (Lipinski definition) is 0. The van der Waals surface area contributed by atoms with Crippen LogP contribution in [-0.2, 0) is 117 Å². The maximum absolute atomic E-state index is 3.43. The van der Waals surface area contributed by atoms with E-state index in [1.807, 2.05) is 0 Å². The van der Waals surface area contributed by atoms with Gasteiger partial charge in [0.1, 0.15) is 0 Å². The molecule has 6 aliphatic rings. The quantitative estimate of drug-likeness (QED) is 0.168. The van der Waals surface area contributed by atoms with Crippen molar-refractivity contribution >= 4 is 0 Å². The Labute approximate surface area is 516 Å². The van der Waals surface area contributed by atoms with E-state index in [2.05, 4.69) is 117 Å². The van der Waals surface area contributed by atoms with Crippen LogP contribution in [0.15, 0.2) is 36.4 Å². The van der Waals surface area contributed by atoms with Crippen LogP contribution < -0.4 is 0 Å². The molecule has 0 N–H and O–H groups in total. The molecule has 387 valence electrons. The predicted molar refractivity (Wildman–Crippen MR) is 294 cm³/mol. The van der Waals surface area contributed by atoms with Gasteiger partial charge in [0.25, 0.3) is 0 Å². The van der Waals surface area contributed by atoms with Gasteiger partial charge in [-0.25, -0.2) is 0 Å². The summed E-state index contributed by atoms with van der Waals surface area (Å²) < 4.78 is 0. The molecule has 0 bridgehead atoms. The van der Waals surface area contributed by atoms with Gasteiger partial charge < -0.3 is 0 Å². The Morgan fingerprint density at radius 1 is 0.282 bits per heavy atom. The Morgan fingerprint density at radius 3 is 0.732 bits per heavy atom. The van der Waals surface area contributed by atoms with Gasteiger partial charge in [-0.05, 0) is 167 Å². The van der Waals surface area contributed by atoms with Crippen LogP contribution in [0.3, 0.4) is 0 Å². The topological polar surface area (TPSA) is 0 Å². The van der Waals surface area contributed by atoms with E-state index < -0.39 is 0 Å². The van der Waals surface area contributed by atoms with Crippen molar-refractivity contribution in [1.82, 2.24) is 0 Å². The van der Waals surface area contributed by atoms with Crippen molar-refractivity contribution in [3.63, 3.8) is 0 Å². The Balaban J connectivity index is 0.000000236. The summed E-state index contributed by atoms with van der Waals surface area (Å²) in [7, 11) is 0. The third-order valence-corrected chi connectivity index (χ3v) is 19.3. The van der Waals surface area contributed by atoms with E-state index in [-0.39, 0.29) is 98.1 Å². The summed E-state index contributed by atoms with van der Waals surface area (Å²) in [5.74, 6) is 12.1. The van der Waals surface area contributed by atoms with Gasteiger partial charge >= 0.3 is 0 Å². The Morgan fingerprint density at radius 2 is 0.465 bits per heavy atom. The fourth-order valence-corrected chi connectivity index (χ4v) is 15.3. The van der Waals surface area contributed by atoms with E-state index in [1.54, 1.807) is 56.1 Å². The second-order valence-electron chi connectivity index (χ2n) is 26.0. The van der Waals surface area contributed by atoms with Crippen LogP contribution in [-0.4, -0.2) is 0 Å². The van der Waals surface area contributed by atoms with E-state index in [4.69, 9.17) is 0 Å². The zero-order valence-corrected chi connectivity index (χ0v) is 56.1. The molecule has 0 saturated heterocycles. The Hall–Kier alpha value is 0.972. The summed E-state index contributed by atoms with van der Waals surface area (Å²) in [6, 6.07) is 24.2. The molecule has 0 amide bonds. The molecule has 3 aromatic carbocycles. The SMILES string of the molecule is Cc1[c-]c(C)cc(CC2CCC(C)CC2)c1.Cc1[c-]c(C)cc(CC2CCC(CC3CCC(C)CC3)CC2)c1.Cc1[c-]c(C)cc(CC2CCC(CC3CCC(C4CCC(C)CC4)CC3)CC2)c1.[Y].[Y].[Y]. The standard InChI is InChI=1S/C29H45.C23H35.C16H23.3Y/c1-21-4-12-28(13-5-21)29-14-10-26(11-15-29)19-24-6-8-25(9-7-24)20-27-17-22(2)16-23(3)18-27;1-17-4-6-20(7-5-17)15-21-8-10-22(11-9-21)16-23-13-18(2)12-19(3)14-23;1-12-4-6-15(7-5-12)11-16-9-13(2)8-14(3)10-16;;;/h17-18,21,24-26,28-29H,4-15,19-20H2,1-3H3;13-14,17,20-22H,4-11,15-16H2,1-3H3;9-10,12,15H,4-7,11H2,1-3H3;;;/q3*-1;;;. The van der Waals surface area contributed by atoms with Crippen LogP contribution in [0.25, 0.3) is 0 Å². The first-order chi connectivity index (χ1) is 32.8. The van der Waals surface area contributed by atoms with E-state index in [0.717, 1.165) is 71.0 Å². The summed E-state index contributed by atoms with van der Waals surface area (Å²) in [6.07, 6.45) is 42.9. The van der Waals surface area contributed by atoms with Crippen molar-refractivity contribution < 1.29 is 98.1 Å². The van der Waals surface area contributed by atoms with Gasteiger partial charge in [0.05, 0.1) is 0 Å². The second-order valence-corrected chi connectivity index (χ2v) is 26.0. The summed E-state index contributed by atoms with van der Waals surface area (Å²) in [5, 5.41) is 0. The molecule has 0 unspecified atom stereocenters. The molecule has 0 aromatic heterocycles. The third kappa shape index (κ3) is 23.1. The Kier molecular flexibility index (Phi) is 30.4. The van der Waals surface area contributed by atoms with Gasteiger partial charge in [0, 0.05) is 98.1 Å². The maximum Gasteiger partial charge on any atom is 0 e. The van der Waals surface area contributed by atoms with Gasteiger partial charge in [-0.1, -0.05) is 152 Å². The summed E-state index contributed by atoms with van der Waals surface area (Å²) in [5.41, 5.74) is 12.4. The molecule has 6 fully saturated rings. The van der Waals surface area contributed by atoms with Crippen LogP contribution in [0.5, 0.6) is 0 Å². The van der Waals surface area contributed by atoms with Crippen molar-refractivity contribution in [3.8, 4) is 0 Å². The average Bonchev–Trinajstić information content (AvgIpc) is 3.29. The molecular formula is C68H103Y3-3. The molecule has 0 atom stereocenters. The first kappa shape index (κ1) is 64.5. The smallest absolute Gasteiger partial charge is 0 e. The minimum Gasteiger partial charge on any atom is -0.177 e. The van der Waals surface area contributed by atoms with Crippen LogP contribution >= 0.6 is 0 Å². The summed E-state index contributed by atoms with van der Waals surface area (Å²) in [6.45, 7) is 20.3. The van der Waals surface area contributed by atoms with Crippen LogP contribution in [0, 0.1) is 131 Å². The van der Waals surface area contributed by atoms with Crippen LogP contribution in [0.1, 0.15) is 238 Å². The van der Waals surface area contributed by atoms with Gasteiger partial charge in [-0.15, -0.1) is 0 Å². The Bertz CT molecular complexity index is 1840. The van der Waals surface area contributed by atoms with Crippen molar-refractivity contribution in [1.29, 1.82) is 0 Å². The molecule has 6 aliphatic carbocycles. The number of rotatable bonds is 11. The number of aryl methyl sites for hydroxylation is 6. The molecular weight excluding hydrogens is 1080 g/mol. The number of hydrogen-bond acceptors (Lipinski definition) is 0. The minimum absolute atomic E-state index is 0. The summed E-state index contributed by atoms with van der Waals surface area (Å²) in [4.78, 5) is 0. The van der Waals surface area contributed by atoms with E-state index in [1.165, 1.54) is 180 Å². The maximum atomic E-state index is 3.43. The fourth-order valence-electron chi connectivity index (χ4n) is 15.3. The molecule has 6 saturated carbocycles. The van der Waals surface area contributed by atoms with Crippen molar-refractivity contribution in [2.45, 2.75) is 249 Å². The zero-order chi connectivity index (χ0) is 48.0. The van der Waals surface area contributed by atoms with Gasteiger partial charge in [0.15, 0.2) is 0 Å². The van der Waals surface area contributed by atoms with Crippen molar-refractivity contribution in [2.24, 2.45) is 71.0 Å². The fraction of sp³-hybridized carbons (Fsp3) is 0.735. The normalized spacial score (nSPS) is 30.9. The van der Waals surface area contributed by atoms with Crippen molar-refractivity contribution in [2.75, 3.05) is 0 Å². The van der Waals surface area contributed by atoms with E-state index >= 15 is 0 Å². The number of benzene rings is 3. The average molecular weight is 1190 g/mol. The van der Waals surface area contributed by atoms with E-state index in [0.29, 0.717) is 0 Å². The van der Waals surface area contributed by atoms with Crippen LogP contribution in [0.4, 0.5) is 0 Å². The molecule has 0 heterocycles. The molecule has 3 radical (unpaired) electrons. The predicted octanol–water partition coefficient (Wildman–Crippen LogP) is 19.6. The molecule has 0 spiro atoms. The molecule has 3 heteroatoms. The molecule has 9 rings (SSSR count). The minimum atomic E-state index is 0.